The fraction of sp³-hybridized carbons (Fsp3) is 0.407. The van der Waals surface area contributed by atoms with E-state index in [0.717, 1.165) is 11.1 Å². The van der Waals surface area contributed by atoms with Gasteiger partial charge in [-0.1, -0.05) is 56.6 Å². The van der Waals surface area contributed by atoms with Crippen LogP contribution in [-0.4, -0.2) is 60.4 Å². The maximum absolute atomic E-state index is 13.2. The summed E-state index contributed by atoms with van der Waals surface area (Å²) in [5.41, 5.74) is 2.13. The zero-order valence-electron chi connectivity index (χ0n) is 20.7. The van der Waals surface area contributed by atoms with Crippen molar-refractivity contribution in [1.29, 1.82) is 0 Å². The molecule has 0 radical (unpaired) electrons. The largest absolute Gasteiger partial charge is 0.507 e. The zero-order valence-corrected chi connectivity index (χ0v) is 21.4. The third-order valence-corrected chi connectivity index (χ3v) is 6.25. The van der Waals surface area contributed by atoms with E-state index in [4.69, 9.17) is 16.3 Å². The van der Waals surface area contributed by atoms with Crippen LogP contribution in [0.4, 0.5) is 0 Å². The molecular formula is C27H33ClN2O4. The summed E-state index contributed by atoms with van der Waals surface area (Å²) < 4.78 is 5.54. The van der Waals surface area contributed by atoms with E-state index in [0.29, 0.717) is 25.4 Å². The number of likely N-dealkylation sites (N-methyl/N-ethyl adjacent to an activating group) is 1. The Bertz CT molecular complexity index is 1100. The number of rotatable bonds is 7. The van der Waals surface area contributed by atoms with E-state index in [9.17, 15) is 14.7 Å². The monoisotopic (exact) mass is 484 g/mol. The standard InChI is InChI=1S/C27H33ClN2O4/c1-7-34-19-12-13-21(28)20(16-19)24(31)22-23(17-8-10-18(11-9-17)27(2,3)4)30(15-14-29(5)6)26(33)25(22)32/h8-13,16,23,31H,7,14-15H2,1-6H3/b24-22+. The molecule has 182 valence electrons. The van der Waals surface area contributed by atoms with Gasteiger partial charge in [-0.15, -0.1) is 0 Å². The first kappa shape index (κ1) is 25.8. The maximum Gasteiger partial charge on any atom is 0.295 e. The van der Waals surface area contributed by atoms with Gasteiger partial charge >= 0.3 is 0 Å². The highest BCUT2D eigenvalue weighted by Crippen LogP contribution is 2.41. The summed E-state index contributed by atoms with van der Waals surface area (Å²) in [7, 11) is 3.81. The molecule has 7 heteroatoms. The van der Waals surface area contributed by atoms with Crippen molar-refractivity contribution >= 4 is 29.1 Å². The smallest absolute Gasteiger partial charge is 0.295 e. The van der Waals surface area contributed by atoms with Crippen molar-refractivity contribution in [2.75, 3.05) is 33.8 Å². The molecule has 0 bridgehead atoms. The highest BCUT2D eigenvalue weighted by Gasteiger charge is 2.46. The van der Waals surface area contributed by atoms with E-state index in [1.807, 2.05) is 50.2 Å². The Balaban J connectivity index is 2.18. The van der Waals surface area contributed by atoms with E-state index >= 15 is 0 Å². The second-order valence-electron chi connectivity index (χ2n) is 9.74. The predicted octanol–water partition coefficient (Wildman–Crippen LogP) is 5.02. The van der Waals surface area contributed by atoms with E-state index in [1.165, 1.54) is 4.90 Å². The number of Topliss-reactive ketones (excluding diaryl/α,β-unsaturated/α-hetero) is 1. The van der Waals surface area contributed by atoms with Crippen LogP contribution in [0.1, 0.15) is 50.4 Å². The average molecular weight is 485 g/mol. The molecular weight excluding hydrogens is 452 g/mol. The van der Waals surface area contributed by atoms with Crippen molar-refractivity contribution in [1.82, 2.24) is 9.80 Å². The Kier molecular flexibility index (Phi) is 7.74. The average Bonchev–Trinajstić information content (AvgIpc) is 3.03. The van der Waals surface area contributed by atoms with Crippen LogP contribution in [0.25, 0.3) is 5.76 Å². The number of aliphatic hydroxyl groups is 1. The summed E-state index contributed by atoms with van der Waals surface area (Å²) in [6.07, 6.45) is 0. The summed E-state index contributed by atoms with van der Waals surface area (Å²) in [6, 6.07) is 12.0. The maximum atomic E-state index is 13.2. The predicted molar refractivity (Wildman–Crippen MR) is 135 cm³/mol. The summed E-state index contributed by atoms with van der Waals surface area (Å²) >= 11 is 6.39. The second kappa shape index (κ2) is 10.2. The first-order chi connectivity index (χ1) is 16.0. The van der Waals surface area contributed by atoms with Gasteiger partial charge in [-0.25, -0.2) is 0 Å². The number of benzene rings is 2. The Morgan fingerprint density at radius 1 is 1.12 bits per heavy atom. The van der Waals surface area contributed by atoms with Gasteiger partial charge in [0.15, 0.2) is 0 Å². The molecule has 1 aliphatic heterocycles. The van der Waals surface area contributed by atoms with Gasteiger partial charge in [0.1, 0.15) is 11.5 Å². The zero-order chi connectivity index (χ0) is 25.2. The molecule has 0 aliphatic carbocycles. The lowest BCUT2D eigenvalue weighted by molar-refractivity contribution is -0.140. The quantitative estimate of drug-likeness (QED) is 0.339. The minimum absolute atomic E-state index is 0.0304. The van der Waals surface area contributed by atoms with Crippen molar-refractivity contribution in [2.24, 2.45) is 0 Å². The highest BCUT2D eigenvalue weighted by molar-refractivity contribution is 6.47. The number of hydrogen-bond acceptors (Lipinski definition) is 5. The first-order valence-corrected chi connectivity index (χ1v) is 11.8. The Hall–Kier alpha value is -2.83. The molecule has 1 N–H and O–H groups in total. The number of carbonyl (C=O) groups excluding carboxylic acids is 2. The molecule has 3 rings (SSSR count). The molecule has 1 amide bonds. The molecule has 1 fully saturated rings. The number of likely N-dealkylation sites (tertiary alicyclic amines) is 1. The van der Waals surface area contributed by atoms with Gasteiger partial charge in [-0.2, -0.15) is 0 Å². The molecule has 34 heavy (non-hydrogen) atoms. The molecule has 0 aromatic heterocycles. The van der Waals surface area contributed by atoms with Gasteiger partial charge in [0.25, 0.3) is 11.7 Å². The fourth-order valence-corrected chi connectivity index (χ4v) is 4.22. The molecule has 1 heterocycles. The lowest BCUT2D eigenvalue weighted by Gasteiger charge is -2.27. The van der Waals surface area contributed by atoms with Crippen molar-refractivity contribution in [3.8, 4) is 5.75 Å². The topological polar surface area (TPSA) is 70.1 Å². The molecule has 1 saturated heterocycles. The number of amides is 1. The van der Waals surface area contributed by atoms with Gasteiger partial charge in [0.2, 0.25) is 0 Å². The SMILES string of the molecule is CCOc1ccc(Cl)c(/C(O)=C2\C(=O)C(=O)N(CCN(C)C)C2c2ccc(C(C)(C)C)cc2)c1. The Morgan fingerprint density at radius 3 is 2.32 bits per heavy atom. The molecule has 1 aliphatic rings. The minimum atomic E-state index is -0.723. The van der Waals surface area contributed by atoms with E-state index in [1.54, 1.807) is 18.2 Å². The normalized spacial score (nSPS) is 18.1. The summed E-state index contributed by atoms with van der Waals surface area (Å²) in [4.78, 5) is 29.8. The number of ether oxygens (including phenoxy) is 1. The van der Waals surface area contributed by atoms with Crippen LogP contribution in [0.15, 0.2) is 48.0 Å². The minimum Gasteiger partial charge on any atom is -0.507 e. The number of carbonyl (C=O) groups is 2. The van der Waals surface area contributed by atoms with Crippen LogP contribution in [-0.2, 0) is 15.0 Å². The van der Waals surface area contributed by atoms with Gasteiger partial charge in [-0.3, -0.25) is 9.59 Å². The van der Waals surface area contributed by atoms with E-state index in [2.05, 4.69) is 20.8 Å². The third kappa shape index (κ3) is 5.29. The molecule has 2 aromatic carbocycles. The number of halogens is 1. The molecule has 0 spiro atoms. The number of aliphatic hydroxyl groups excluding tert-OH is 1. The number of nitrogens with zero attached hydrogens (tertiary/aromatic N) is 2. The van der Waals surface area contributed by atoms with Crippen molar-refractivity contribution in [2.45, 2.75) is 39.2 Å². The van der Waals surface area contributed by atoms with Gasteiger partial charge in [0, 0.05) is 18.7 Å². The van der Waals surface area contributed by atoms with E-state index in [-0.39, 0.29) is 27.3 Å². The van der Waals surface area contributed by atoms with Gasteiger partial charge in [-0.05, 0) is 55.8 Å². The fourth-order valence-electron chi connectivity index (χ4n) is 4.02. The van der Waals surface area contributed by atoms with Crippen molar-refractivity contribution in [3.05, 3.63) is 69.8 Å². The summed E-state index contributed by atoms with van der Waals surface area (Å²) in [6.45, 7) is 9.58. The second-order valence-corrected chi connectivity index (χ2v) is 10.1. The van der Waals surface area contributed by atoms with Crippen LogP contribution >= 0.6 is 11.6 Å². The van der Waals surface area contributed by atoms with Crippen LogP contribution in [0.3, 0.4) is 0 Å². The van der Waals surface area contributed by atoms with Crippen LogP contribution in [0.2, 0.25) is 5.02 Å². The summed E-state index contributed by atoms with van der Waals surface area (Å²) in [5.74, 6) is -1.15. The first-order valence-electron chi connectivity index (χ1n) is 11.4. The van der Waals surface area contributed by atoms with Gasteiger partial charge < -0.3 is 19.6 Å². The number of ketones is 1. The van der Waals surface area contributed by atoms with Gasteiger partial charge in [0.05, 0.1) is 23.2 Å². The van der Waals surface area contributed by atoms with Crippen molar-refractivity contribution in [3.63, 3.8) is 0 Å². The molecule has 6 nitrogen and oxygen atoms in total. The Labute approximate surface area is 206 Å². The van der Waals surface area contributed by atoms with Crippen LogP contribution in [0, 0.1) is 0 Å². The van der Waals surface area contributed by atoms with Crippen LogP contribution < -0.4 is 4.74 Å². The third-order valence-electron chi connectivity index (χ3n) is 5.92. The Morgan fingerprint density at radius 2 is 1.76 bits per heavy atom. The molecule has 1 unspecified atom stereocenters. The lowest BCUT2D eigenvalue weighted by Crippen LogP contribution is -2.35. The molecule has 2 aromatic rings. The van der Waals surface area contributed by atoms with Crippen molar-refractivity contribution < 1.29 is 19.4 Å². The highest BCUT2D eigenvalue weighted by atomic mass is 35.5. The van der Waals surface area contributed by atoms with E-state index < -0.39 is 17.7 Å². The lowest BCUT2D eigenvalue weighted by atomic mass is 9.85. The molecule has 0 saturated carbocycles. The molecule has 1 atom stereocenters. The van der Waals surface area contributed by atoms with Crippen LogP contribution in [0.5, 0.6) is 5.75 Å². The number of hydrogen-bond donors (Lipinski definition) is 1. The summed E-state index contributed by atoms with van der Waals surface area (Å²) in [5, 5.41) is 11.6.